The van der Waals surface area contributed by atoms with E-state index >= 15 is 0 Å². The molecule has 0 spiro atoms. The highest BCUT2D eigenvalue weighted by atomic mass is 16.6. The minimum absolute atomic E-state index is 0.330. The summed E-state index contributed by atoms with van der Waals surface area (Å²) in [5.74, 6) is 0.817. The second-order valence-corrected chi connectivity index (χ2v) is 6.40. The zero-order valence-electron chi connectivity index (χ0n) is 14.1. The first-order chi connectivity index (χ1) is 12.5. The van der Waals surface area contributed by atoms with Crippen molar-refractivity contribution in [3.63, 3.8) is 0 Å². The van der Waals surface area contributed by atoms with Gasteiger partial charge >= 0.3 is 0 Å². The van der Waals surface area contributed by atoms with Gasteiger partial charge in [-0.1, -0.05) is 30.3 Å². The molecular formula is C18H20N4O4. The number of ether oxygens (including phenoxy) is 1. The molecule has 0 unspecified atom stereocenters. The largest absolute Gasteiger partial charge is 0.394 e. The number of aromatic nitrogens is 3. The fourth-order valence-corrected chi connectivity index (χ4v) is 3.43. The summed E-state index contributed by atoms with van der Waals surface area (Å²) in [7, 11) is 0. The predicted molar refractivity (Wildman–Crippen MR) is 95.1 cm³/mol. The molecule has 1 aromatic carbocycles. The van der Waals surface area contributed by atoms with Crippen LogP contribution in [0.4, 0.5) is 5.82 Å². The van der Waals surface area contributed by atoms with Gasteiger partial charge < -0.3 is 30.4 Å². The van der Waals surface area contributed by atoms with Gasteiger partial charge in [0.15, 0.2) is 6.23 Å². The van der Waals surface area contributed by atoms with Gasteiger partial charge in [-0.2, -0.15) is 0 Å². The zero-order chi connectivity index (χ0) is 18.4. The van der Waals surface area contributed by atoms with Gasteiger partial charge in [-0.05, 0) is 12.5 Å². The lowest BCUT2D eigenvalue weighted by atomic mass is 10.1. The molecule has 0 radical (unpaired) electrons. The molecule has 0 bridgehead atoms. The van der Waals surface area contributed by atoms with Gasteiger partial charge in [0.05, 0.1) is 12.0 Å². The van der Waals surface area contributed by atoms with Crippen LogP contribution in [0.25, 0.3) is 22.2 Å². The maximum atomic E-state index is 10.4. The van der Waals surface area contributed by atoms with Gasteiger partial charge in [0.2, 0.25) is 0 Å². The van der Waals surface area contributed by atoms with Gasteiger partial charge in [-0.25, -0.2) is 9.97 Å². The number of nitrogens with zero attached hydrogens (tertiary/aromatic N) is 3. The van der Waals surface area contributed by atoms with Crippen molar-refractivity contribution >= 4 is 16.9 Å². The number of rotatable bonds is 3. The monoisotopic (exact) mass is 356 g/mol. The van der Waals surface area contributed by atoms with Crippen LogP contribution in [0.3, 0.4) is 0 Å². The van der Waals surface area contributed by atoms with Crippen molar-refractivity contribution in [1.29, 1.82) is 0 Å². The SMILES string of the molecule is Cc1nc(N)c2c(-c3ccccc3)cn([C@@H]3O[C@H](CO)[C@@H](O)[C@H]3O)c2n1. The standard InChI is InChI=1S/C18H20N4O4/c1-9-20-16(19)13-11(10-5-3-2-4-6-10)7-22(17(13)21-9)18-15(25)14(24)12(8-23)26-18/h2-7,12,14-15,18,23-25H,8H2,1H3,(H2,19,20,21)/t12-,14-,15-,18-/m1/s1. The van der Waals surface area contributed by atoms with Crippen LogP contribution in [-0.4, -0.2) is 54.8 Å². The number of fused-ring (bicyclic) bond motifs is 1. The van der Waals surface area contributed by atoms with E-state index in [9.17, 15) is 15.3 Å². The summed E-state index contributed by atoms with van der Waals surface area (Å²) in [5.41, 5.74) is 8.39. The lowest BCUT2D eigenvalue weighted by Gasteiger charge is -2.17. The number of hydrogen-bond acceptors (Lipinski definition) is 7. The van der Waals surface area contributed by atoms with Crippen LogP contribution in [0.15, 0.2) is 36.5 Å². The number of hydrogen-bond donors (Lipinski definition) is 4. The van der Waals surface area contributed by atoms with Gasteiger partial charge in [0, 0.05) is 11.8 Å². The summed E-state index contributed by atoms with van der Waals surface area (Å²) in [4.78, 5) is 8.73. The van der Waals surface area contributed by atoms with Crippen molar-refractivity contribution in [2.45, 2.75) is 31.5 Å². The zero-order valence-corrected chi connectivity index (χ0v) is 14.1. The molecule has 1 saturated heterocycles. The minimum atomic E-state index is -1.21. The molecule has 8 nitrogen and oxygen atoms in total. The fraction of sp³-hybridized carbons (Fsp3) is 0.333. The Kier molecular flexibility index (Phi) is 4.12. The minimum Gasteiger partial charge on any atom is -0.394 e. The second kappa shape index (κ2) is 6.33. The Balaban J connectivity index is 1.94. The Morgan fingerprint density at radius 3 is 2.54 bits per heavy atom. The fourth-order valence-electron chi connectivity index (χ4n) is 3.43. The lowest BCUT2D eigenvalue weighted by molar-refractivity contribution is -0.0508. The van der Waals surface area contributed by atoms with Crippen LogP contribution in [0.1, 0.15) is 12.1 Å². The Morgan fingerprint density at radius 2 is 1.88 bits per heavy atom. The first-order valence-electron chi connectivity index (χ1n) is 8.33. The van der Waals surface area contributed by atoms with E-state index in [1.807, 2.05) is 30.3 Å². The number of anilines is 1. The van der Waals surface area contributed by atoms with Crippen molar-refractivity contribution in [2.24, 2.45) is 0 Å². The highest BCUT2D eigenvalue weighted by Crippen LogP contribution is 2.38. The molecule has 3 heterocycles. The van der Waals surface area contributed by atoms with E-state index in [4.69, 9.17) is 10.5 Å². The molecule has 0 aliphatic carbocycles. The summed E-state index contributed by atoms with van der Waals surface area (Å²) >= 11 is 0. The molecule has 2 aromatic heterocycles. The smallest absolute Gasteiger partial charge is 0.164 e. The van der Waals surface area contributed by atoms with Crippen molar-refractivity contribution in [3.05, 3.63) is 42.4 Å². The number of nitrogen functional groups attached to an aromatic ring is 1. The van der Waals surface area contributed by atoms with Crippen LogP contribution >= 0.6 is 0 Å². The van der Waals surface area contributed by atoms with Crippen molar-refractivity contribution in [1.82, 2.24) is 14.5 Å². The number of aliphatic hydroxyl groups is 3. The van der Waals surface area contributed by atoms with Crippen LogP contribution in [0.2, 0.25) is 0 Å². The molecule has 1 fully saturated rings. The molecule has 8 heteroatoms. The number of benzene rings is 1. The number of nitrogens with two attached hydrogens (primary N) is 1. The normalized spacial score (nSPS) is 25.8. The molecule has 1 aliphatic heterocycles. The predicted octanol–water partition coefficient (Wildman–Crippen LogP) is 0.600. The average molecular weight is 356 g/mol. The van der Waals surface area contributed by atoms with Crippen LogP contribution in [-0.2, 0) is 4.74 Å². The maximum Gasteiger partial charge on any atom is 0.164 e. The average Bonchev–Trinajstić information content (AvgIpc) is 3.14. The molecule has 0 saturated carbocycles. The van der Waals surface area contributed by atoms with E-state index in [0.29, 0.717) is 22.7 Å². The third-order valence-corrected chi connectivity index (χ3v) is 4.69. The Hall–Kier alpha value is -2.52. The third-order valence-electron chi connectivity index (χ3n) is 4.69. The topological polar surface area (TPSA) is 127 Å². The Bertz CT molecular complexity index is 943. The Morgan fingerprint density at radius 1 is 1.15 bits per heavy atom. The Labute approximate surface area is 149 Å². The van der Waals surface area contributed by atoms with Crippen LogP contribution in [0.5, 0.6) is 0 Å². The molecule has 5 N–H and O–H groups in total. The third kappa shape index (κ3) is 2.55. The summed E-state index contributed by atoms with van der Waals surface area (Å²) in [6.45, 7) is 1.34. The summed E-state index contributed by atoms with van der Waals surface area (Å²) in [6, 6.07) is 9.62. The van der Waals surface area contributed by atoms with Crippen LogP contribution in [0, 0.1) is 6.92 Å². The van der Waals surface area contributed by atoms with Gasteiger partial charge in [-0.15, -0.1) is 0 Å². The molecule has 4 rings (SSSR count). The lowest BCUT2D eigenvalue weighted by Crippen LogP contribution is -2.33. The molecule has 4 atom stereocenters. The molecule has 0 amide bonds. The van der Waals surface area contributed by atoms with E-state index in [-0.39, 0.29) is 0 Å². The second-order valence-electron chi connectivity index (χ2n) is 6.40. The van der Waals surface area contributed by atoms with E-state index in [1.54, 1.807) is 17.7 Å². The summed E-state index contributed by atoms with van der Waals surface area (Å²) < 4.78 is 7.32. The van der Waals surface area contributed by atoms with Crippen LogP contribution < -0.4 is 5.73 Å². The summed E-state index contributed by atoms with van der Waals surface area (Å²) in [5, 5.41) is 30.5. The first kappa shape index (κ1) is 16.9. The van der Waals surface area contributed by atoms with E-state index in [1.165, 1.54) is 0 Å². The van der Waals surface area contributed by atoms with Gasteiger partial charge in [0.25, 0.3) is 0 Å². The number of aryl methyl sites for hydroxylation is 1. The number of aliphatic hydroxyl groups excluding tert-OH is 3. The molecule has 26 heavy (non-hydrogen) atoms. The maximum absolute atomic E-state index is 10.4. The quantitative estimate of drug-likeness (QED) is 0.541. The van der Waals surface area contributed by atoms with Crippen molar-refractivity contribution in [3.8, 4) is 11.1 Å². The molecular weight excluding hydrogens is 336 g/mol. The molecule has 136 valence electrons. The highest BCUT2D eigenvalue weighted by molar-refractivity contribution is 6.00. The van der Waals surface area contributed by atoms with E-state index < -0.39 is 31.1 Å². The first-order valence-corrected chi connectivity index (χ1v) is 8.33. The van der Waals surface area contributed by atoms with E-state index in [0.717, 1.165) is 11.1 Å². The van der Waals surface area contributed by atoms with Gasteiger partial charge in [-0.3, -0.25) is 0 Å². The van der Waals surface area contributed by atoms with Crippen molar-refractivity contribution < 1.29 is 20.1 Å². The van der Waals surface area contributed by atoms with Gasteiger partial charge in [0.1, 0.15) is 35.6 Å². The van der Waals surface area contributed by atoms with Crippen molar-refractivity contribution in [2.75, 3.05) is 12.3 Å². The molecule has 1 aliphatic rings. The summed E-state index contributed by atoms with van der Waals surface area (Å²) in [6.07, 6.45) is -2.38. The molecule has 3 aromatic rings. The highest BCUT2D eigenvalue weighted by Gasteiger charge is 2.44. The van der Waals surface area contributed by atoms with E-state index in [2.05, 4.69) is 9.97 Å².